The molecule has 0 heterocycles. The summed E-state index contributed by atoms with van der Waals surface area (Å²) in [5, 5.41) is 3.48. The number of carbonyl (C=O) groups excluding carboxylic acids is 2. The van der Waals surface area contributed by atoms with Crippen LogP contribution in [0.5, 0.6) is 0 Å². The second-order valence-electron chi connectivity index (χ2n) is 10.3. The summed E-state index contributed by atoms with van der Waals surface area (Å²) in [5.41, 5.74) is 1.81. The number of sulfonamides is 1. The lowest BCUT2D eigenvalue weighted by Crippen LogP contribution is -2.53. The molecule has 0 spiro atoms. The molecular weight excluding hydrogens is 601 g/mol. The van der Waals surface area contributed by atoms with E-state index in [0.29, 0.717) is 11.6 Å². The van der Waals surface area contributed by atoms with Crippen LogP contribution < -0.4 is 9.62 Å². The Hall–Kier alpha value is -4.21. The summed E-state index contributed by atoms with van der Waals surface area (Å²) in [7, 11) is -4.30. The van der Waals surface area contributed by atoms with Gasteiger partial charge in [0.25, 0.3) is 10.0 Å². The maximum Gasteiger partial charge on any atom is 0.264 e. The van der Waals surface area contributed by atoms with Gasteiger partial charge in [-0.25, -0.2) is 12.8 Å². The van der Waals surface area contributed by atoms with Crippen LogP contribution in [0.3, 0.4) is 0 Å². The molecule has 0 radical (unpaired) electrons. The van der Waals surface area contributed by atoms with Crippen molar-refractivity contribution in [3.05, 3.63) is 131 Å². The minimum atomic E-state index is -4.30. The van der Waals surface area contributed by atoms with Crippen molar-refractivity contribution in [1.82, 2.24) is 10.2 Å². The van der Waals surface area contributed by atoms with E-state index in [-0.39, 0.29) is 29.5 Å². The van der Waals surface area contributed by atoms with Crippen molar-refractivity contribution in [2.75, 3.05) is 17.4 Å². The van der Waals surface area contributed by atoms with E-state index in [4.69, 9.17) is 11.6 Å². The van der Waals surface area contributed by atoms with Gasteiger partial charge in [0.2, 0.25) is 11.8 Å². The van der Waals surface area contributed by atoms with Crippen molar-refractivity contribution in [2.24, 2.45) is 0 Å². The number of hydrogen-bond acceptors (Lipinski definition) is 4. The lowest BCUT2D eigenvalue weighted by atomic mass is 10.0. The summed E-state index contributed by atoms with van der Waals surface area (Å²) in [6.07, 6.45) is 1.87. The summed E-state index contributed by atoms with van der Waals surface area (Å²) in [6, 6.07) is 28.0. The monoisotopic (exact) mass is 635 g/mol. The summed E-state index contributed by atoms with van der Waals surface area (Å²) in [6.45, 7) is 1.90. The Kier molecular flexibility index (Phi) is 11.5. The number of para-hydroxylation sites is 1. The summed E-state index contributed by atoms with van der Waals surface area (Å²) < 4.78 is 42.5. The highest BCUT2D eigenvalue weighted by molar-refractivity contribution is 7.92. The first-order valence-corrected chi connectivity index (χ1v) is 16.2. The van der Waals surface area contributed by atoms with Crippen molar-refractivity contribution >= 4 is 39.1 Å². The van der Waals surface area contributed by atoms with E-state index in [2.05, 4.69) is 5.32 Å². The van der Waals surface area contributed by atoms with Crippen molar-refractivity contribution < 1.29 is 22.4 Å². The average molecular weight is 636 g/mol. The number of amides is 2. The highest BCUT2D eigenvalue weighted by Crippen LogP contribution is 2.25. The van der Waals surface area contributed by atoms with E-state index in [1.165, 1.54) is 4.90 Å². The van der Waals surface area contributed by atoms with Gasteiger partial charge >= 0.3 is 0 Å². The summed E-state index contributed by atoms with van der Waals surface area (Å²) in [5.74, 6) is -1.50. The zero-order chi connectivity index (χ0) is 31.5. The quantitative estimate of drug-likeness (QED) is 0.166. The smallest absolute Gasteiger partial charge is 0.264 e. The molecule has 0 aliphatic rings. The van der Waals surface area contributed by atoms with E-state index in [0.717, 1.165) is 52.5 Å². The lowest BCUT2D eigenvalue weighted by Gasteiger charge is -2.34. The summed E-state index contributed by atoms with van der Waals surface area (Å²) >= 11 is 6.12. The number of halogens is 2. The molecule has 1 atom stereocenters. The molecule has 4 aromatic rings. The fourth-order valence-corrected chi connectivity index (χ4v) is 6.24. The van der Waals surface area contributed by atoms with E-state index in [1.54, 1.807) is 54.6 Å². The van der Waals surface area contributed by atoms with Crippen molar-refractivity contribution in [2.45, 2.75) is 43.7 Å². The van der Waals surface area contributed by atoms with Gasteiger partial charge in [0.15, 0.2) is 0 Å². The second-order valence-corrected chi connectivity index (χ2v) is 12.6. The van der Waals surface area contributed by atoms with Gasteiger partial charge in [-0.15, -0.1) is 0 Å². The van der Waals surface area contributed by atoms with Gasteiger partial charge in [-0.2, -0.15) is 0 Å². The topological polar surface area (TPSA) is 86.8 Å². The van der Waals surface area contributed by atoms with Crippen molar-refractivity contribution in [1.29, 1.82) is 0 Å². The molecule has 230 valence electrons. The molecule has 0 aromatic heterocycles. The Balaban J connectivity index is 1.76. The number of unbranched alkanes of at least 4 members (excludes halogenated alkanes) is 1. The third kappa shape index (κ3) is 8.67. The first kappa shape index (κ1) is 32.7. The van der Waals surface area contributed by atoms with Gasteiger partial charge in [0, 0.05) is 24.5 Å². The van der Waals surface area contributed by atoms with Crippen LogP contribution >= 0.6 is 11.6 Å². The minimum absolute atomic E-state index is 0.0356. The van der Waals surface area contributed by atoms with Crippen LogP contribution in [-0.4, -0.2) is 44.3 Å². The molecule has 0 bridgehead atoms. The Bertz CT molecular complexity index is 1620. The van der Waals surface area contributed by atoms with E-state index < -0.39 is 34.3 Å². The van der Waals surface area contributed by atoms with E-state index in [1.807, 2.05) is 37.3 Å². The molecule has 0 saturated heterocycles. The molecule has 1 N–H and O–H groups in total. The first-order valence-electron chi connectivity index (χ1n) is 14.4. The third-order valence-electron chi connectivity index (χ3n) is 7.09. The van der Waals surface area contributed by atoms with Crippen molar-refractivity contribution in [3.8, 4) is 0 Å². The Morgan fingerprint density at radius 1 is 0.841 bits per heavy atom. The second kappa shape index (κ2) is 15.5. The maximum atomic E-state index is 14.4. The lowest BCUT2D eigenvalue weighted by molar-refractivity contribution is -0.140. The third-order valence-corrected chi connectivity index (χ3v) is 9.13. The molecule has 1 unspecified atom stereocenters. The van der Waals surface area contributed by atoms with Crippen molar-refractivity contribution in [3.63, 3.8) is 0 Å². The van der Waals surface area contributed by atoms with Gasteiger partial charge < -0.3 is 10.2 Å². The largest absolute Gasteiger partial charge is 0.354 e. The Morgan fingerprint density at radius 2 is 1.45 bits per heavy atom. The number of nitrogens with zero attached hydrogens (tertiary/aromatic N) is 2. The SMILES string of the molecule is CCCCNC(=O)C(Cc1ccccc1)N(Cc1ccc(Cl)cc1)C(=O)CN(c1ccccc1)S(=O)(=O)c1ccc(F)cc1. The molecule has 0 aliphatic heterocycles. The average Bonchev–Trinajstić information content (AvgIpc) is 3.03. The van der Waals surface area contributed by atoms with Gasteiger partial charge in [-0.1, -0.05) is 85.6 Å². The molecule has 2 amide bonds. The van der Waals surface area contributed by atoms with Gasteiger partial charge in [0.05, 0.1) is 10.6 Å². The number of anilines is 1. The van der Waals surface area contributed by atoms with Crippen LogP contribution in [0, 0.1) is 5.82 Å². The Morgan fingerprint density at radius 3 is 2.07 bits per heavy atom. The maximum absolute atomic E-state index is 14.4. The standard InChI is InChI=1S/C34H35ClFN3O4S/c1-2-3-22-37-34(41)32(23-26-10-6-4-7-11-26)38(24-27-14-16-28(35)17-15-27)33(40)25-39(30-12-8-5-9-13-30)44(42,43)31-20-18-29(36)19-21-31/h4-21,32H,2-3,22-25H2,1H3,(H,37,41). The molecule has 0 saturated carbocycles. The van der Waals surface area contributed by atoms with Crippen LogP contribution in [0.4, 0.5) is 10.1 Å². The molecule has 0 fully saturated rings. The number of hydrogen-bond donors (Lipinski definition) is 1. The highest BCUT2D eigenvalue weighted by Gasteiger charge is 2.34. The molecule has 4 rings (SSSR count). The van der Waals surface area contributed by atoms with Crippen LogP contribution in [-0.2, 0) is 32.6 Å². The van der Waals surface area contributed by atoms with Gasteiger partial charge in [-0.3, -0.25) is 13.9 Å². The molecule has 44 heavy (non-hydrogen) atoms. The predicted molar refractivity (Wildman–Crippen MR) is 171 cm³/mol. The van der Waals surface area contributed by atoms with Crippen LogP contribution in [0.1, 0.15) is 30.9 Å². The van der Waals surface area contributed by atoms with Crippen LogP contribution in [0.15, 0.2) is 114 Å². The molecular formula is C34H35ClFN3O4S. The number of nitrogens with one attached hydrogen (secondary N) is 1. The fraction of sp³-hybridized carbons (Fsp3) is 0.235. The molecule has 10 heteroatoms. The van der Waals surface area contributed by atoms with Crippen LogP contribution in [0.25, 0.3) is 0 Å². The zero-order valence-electron chi connectivity index (χ0n) is 24.4. The first-order chi connectivity index (χ1) is 21.2. The molecule has 7 nitrogen and oxygen atoms in total. The molecule has 4 aromatic carbocycles. The van der Waals surface area contributed by atoms with Crippen LogP contribution in [0.2, 0.25) is 5.02 Å². The van der Waals surface area contributed by atoms with E-state index >= 15 is 0 Å². The van der Waals surface area contributed by atoms with Gasteiger partial charge in [0.1, 0.15) is 18.4 Å². The predicted octanol–water partition coefficient (Wildman–Crippen LogP) is 6.23. The number of carbonyl (C=O) groups is 2. The number of rotatable bonds is 14. The highest BCUT2D eigenvalue weighted by atomic mass is 35.5. The fourth-order valence-electron chi connectivity index (χ4n) is 4.70. The van der Waals surface area contributed by atoms with Gasteiger partial charge in [-0.05, 0) is 66.1 Å². The molecule has 0 aliphatic carbocycles. The summed E-state index contributed by atoms with van der Waals surface area (Å²) in [4.78, 5) is 29.3. The number of benzene rings is 4. The minimum Gasteiger partial charge on any atom is -0.354 e. The normalized spacial score (nSPS) is 11.9. The Labute approximate surface area is 263 Å². The zero-order valence-corrected chi connectivity index (χ0v) is 26.0. The van der Waals surface area contributed by atoms with E-state index in [9.17, 15) is 22.4 Å².